The Morgan fingerprint density at radius 3 is 2.69 bits per heavy atom. The number of aromatic carboxylic acids is 1. The SMILES string of the molecule is O=C(O)CCCCN(CCc1ccccc1OCCCN1CCOC1=O)C1CCCc2cc(C(=O)O)ccc21. The highest BCUT2D eigenvalue weighted by Gasteiger charge is 2.27. The molecule has 2 aromatic carbocycles. The Morgan fingerprint density at radius 2 is 1.92 bits per heavy atom. The quantitative estimate of drug-likeness (QED) is 0.311. The Balaban J connectivity index is 1.41. The molecule has 4 rings (SSSR count). The number of benzene rings is 2. The number of unbranched alkanes of at least 4 members (excludes halogenated alkanes) is 1. The van der Waals surface area contributed by atoms with Crippen LogP contribution in [0.5, 0.6) is 5.75 Å². The molecule has 0 radical (unpaired) electrons. The minimum Gasteiger partial charge on any atom is -0.493 e. The lowest BCUT2D eigenvalue weighted by molar-refractivity contribution is -0.137. The van der Waals surface area contributed by atoms with Gasteiger partial charge in [0.2, 0.25) is 0 Å². The summed E-state index contributed by atoms with van der Waals surface area (Å²) in [5.41, 5.74) is 3.68. The first-order valence-corrected chi connectivity index (χ1v) is 13.9. The highest BCUT2D eigenvalue weighted by molar-refractivity contribution is 5.88. The van der Waals surface area contributed by atoms with Crippen LogP contribution in [0, 0.1) is 0 Å². The molecule has 0 bridgehead atoms. The molecule has 9 nitrogen and oxygen atoms in total. The van der Waals surface area contributed by atoms with Gasteiger partial charge in [0.15, 0.2) is 0 Å². The lowest BCUT2D eigenvalue weighted by atomic mass is 9.85. The van der Waals surface area contributed by atoms with Crippen molar-refractivity contribution >= 4 is 18.0 Å². The van der Waals surface area contributed by atoms with E-state index >= 15 is 0 Å². The highest BCUT2D eigenvalue weighted by Crippen LogP contribution is 2.35. The number of cyclic esters (lactones) is 1. The molecule has 9 heteroatoms. The zero-order valence-electron chi connectivity index (χ0n) is 22.3. The zero-order chi connectivity index (χ0) is 27.6. The van der Waals surface area contributed by atoms with Gasteiger partial charge in [-0.3, -0.25) is 9.69 Å². The van der Waals surface area contributed by atoms with Gasteiger partial charge in [0.1, 0.15) is 12.4 Å². The van der Waals surface area contributed by atoms with E-state index in [1.807, 2.05) is 24.3 Å². The predicted molar refractivity (Wildman–Crippen MR) is 145 cm³/mol. The molecular formula is C30H38N2O7. The number of rotatable bonds is 15. The molecule has 2 N–H and O–H groups in total. The van der Waals surface area contributed by atoms with E-state index in [2.05, 4.69) is 11.0 Å². The maximum absolute atomic E-state index is 11.6. The van der Waals surface area contributed by atoms with Crippen LogP contribution in [0.15, 0.2) is 42.5 Å². The number of amides is 1. The number of nitrogens with zero attached hydrogens (tertiary/aromatic N) is 2. The average Bonchev–Trinajstić information content (AvgIpc) is 3.34. The molecule has 1 saturated heterocycles. The van der Waals surface area contributed by atoms with Crippen LogP contribution in [0.1, 0.15) is 71.6 Å². The van der Waals surface area contributed by atoms with Crippen molar-refractivity contribution in [2.75, 3.05) is 39.4 Å². The minimum atomic E-state index is -0.914. The second-order valence-electron chi connectivity index (χ2n) is 10.2. The van der Waals surface area contributed by atoms with E-state index in [0.717, 1.165) is 68.5 Å². The minimum absolute atomic E-state index is 0.156. The van der Waals surface area contributed by atoms with E-state index in [0.29, 0.717) is 38.3 Å². The maximum atomic E-state index is 11.6. The van der Waals surface area contributed by atoms with E-state index in [9.17, 15) is 19.5 Å². The molecule has 1 atom stereocenters. The summed E-state index contributed by atoms with van der Waals surface area (Å²) in [4.78, 5) is 38.3. The van der Waals surface area contributed by atoms with Crippen LogP contribution in [-0.4, -0.2) is 77.4 Å². The molecule has 1 aliphatic heterocycles. The Kier molecular flexibility index (Phi) is 10.2. The molecule has 1 unspecified atom stereocenters. The number of carboxylic acids is 2. The molecule has 0 saturated carbocycles. The Morgan fingerprint density at radius 1 is 1.08 bits per heavy atom. The van der Waals surface area contributed by atoms with E-state index in [-0.39, 0.29) is 18.6 Å². The first kappa shape index (κ1) is 28.4. The van der Waals surface area contributed by atoms with Crippen molar-refractivity contribution in [1.82, 2.24) is 9.80 Å². The second kappa shape index (κ2) is 14.0. The molecule has 0 spiro atoms. The van der Waals surface area contributed by atoms with E-state index in [4.69, 9.17) is 14.6 Å². The number of carbonyl (C=O) groups excluding carboxylic acids is 1. The first-order valence-electron chi connectivity index (χ1n) is 13.9. The van der Waals surface area contributed by atoms with Crippen molar-refractivity contribution in [3.63, 3.8) is 0 Å². The monoisotopic (exact) mass is 538 g/mol. The molecule has 0 aromatic heterocycles. The van der Waals surface area contributed by atoms with Crippen LogP contribution in [0.25, 0.3) is 0 Å². The topological polar surface area (TPSA) is 117 Å². The summed E-state index contributed by atoms with van der Waals surface area (Å²) in [7, 11) is 0. The molecule has 2 aliphatic rings. The summed E-state index contributed by atoms with van der Waals surface area (Å²) in [6.45, 7) is 3.73. The van der Waals surface area contributed by atoms with E-state index < -0.39 is 11.9 Å². The first-order chi connectivity index (χ1) is 18.9. The van der Waals surface area contributed by atoms with Crippen molar-refractivity contribution in [2.45, 2.75) is 57.4 Å². The van der Waals surface area contributed by atoms with Crippen molar-refractivity contribution in [3.8, 4) is 5.75 Å². The summed E-state index contributed by atoms with van der Waals surface area (Å²) in [6, 6.07) is 13.6. The lowest BCUT2D eigenvalue weighted by Crippen LogP contribution is -2.34. The van der Waals surface area contributed by atoms with Gasteiger partial charge in [-0.2, -0.15) is 0 Å². The summed E-state index contributed by atoms with van der Waals surface area (Å²) in [5, 5.41) is 18.5. The van der Waals surface area contributed by atoms with Crippen molar-refractivity contribution in [3.05, 3.63) is 64.7 Å². The van der Waals surface area contributed by atoms with Crippen molar-refractivity contribution < 1.29 is 34.1 Å². The number of aliphatic carboxylic acids is 1. The molecule has 1 amide bonds. The number of para-hydroxylation sites is 1. The van der Waals surface area contributed by atoms with Gasteiger partial charge >= 0.3 is 18.0 Å². The number of aryl methyl sites for hydroxylation is 1. The van der Waals surface area contributed by atoms with Crippen LogP contribution >= 0.6 is 0 Å². The Labute approximate surface area is 229 Å². The maximum Gasteiger partial charge on any atom is 0.409 e. The third-order valence-electron chi connectivity index (χ3n) is 7.52. The summed E-state index contributed by atoms with van der Waals surface area (Å²) >= 11 is 0. The fraction of sp³-hybridized carbons (Fsp3) is 0.500. The van der Waals surface area contributed by atoms with Crippen LogP contribution in [0.4, 0.5) is 4.79 Å². The summed E-state index contributed by atoms with van der Waals surface area (Å²) in [6.07, 6.45) is 5.61. The largest absolute Gasteiger partial charge is 0.493 e. The van der Waals surface area contributed by atoms with Gasteiger partial charge in [0.25, 0.3) is 0 Å². The lowest BCUT2D eigenvalue weighted by Gasteiger charge is -2.36. The molecule has 1 aliphatic carbocycles. The second-order valence-corrected chi connectivity index (χ2v) is 10.2. The third-order valence-corrected chi connectivity index (χ3v) is 7.52. The van der Waals surface area contributed by atoms with Crippen LogP contribution in [0.3, 0.4) is 0 Å². The van der Waals surface area contributed by atoms with Crippen LogP contribution in [-0.2, 0) is 22.4 Å². The summed E-state index contributed by atoms with van der Waals surface area (Å²) < 4.78 is 11.1. The van der Waals surface area contributed by atoms with Gasteiger partial charge in [-0.15, -0.1) is 0 Å². The number of hydrogen-bond donors (Lipinski definition) is 2. The molecule has 39 heavy (non-hydrogen) atoms. The van der Waals surface area contributed by atoms with Gasteiger partial charge in [-0.1, -0.05) is 24.3 Å². The standard InChI is InChI=1S/C30H38N2O7/c33-28(34)11-3-4-15-31(26-9-5-8-23-21-24(29(35)36)12-13-25(23)26)17-14-22-7-1-2-10-27(22)38-19-6-16-32-18-20-39-30(32)37/h1-2,7,10,12-13,21,26H,3-6,8-9,11,14-20H2,(H,33,34)(H,35,36). The predicted octanol–water partition coefficient (Wildman–Crippen LogP) is 4.78. The molecular weight excluding hydrogens is 500 g/mol. The molecule has 1 heterocycles. The zero-order valence-corrected chi connectivity index (χ0v) is 22.3. The summed E-state index contributed by atoms with van der Waals surface area (Å²) in [5.74, 6) is -0.858. The van der Waals surface area contributed by atoms with Crippen LogP contribution < -0.4 is 4.74 Å². The van der Waals surface area contributed by atoms with Gasteiger partial charge < -0.3 is 24.6 Å². The molecule has 2 aromatic rings. The average molecular weight is 539 g/mol. The van der Waals surface area contributed by atoms with Gasteiger partial charge in [-0.05, 0) is 86.4 Å². The van der Waals surface area contributed by atoms with E-state index in [1.165, 1.54) is 5.56 Å². The Bertz CT molecular complexity index is 1150. The normalized spacial score (nSPS) is 16.7. The Hall–Kier alpha value is -3.59. The third kappa shape index (κ3) is 7.95. The number of carbonyl (C=O) groups is 3. The molecule has 210 valence electrons. The van der Waals surface area contributed by atoms with Crippen LogP contribution in [0.2, 0.25) is 0 Å². The van der Waals surface area contributed by atoms with E-state index in [1.54, 1.807) is 17.0 Å². The molecule has 1 fully saturated rings. The smallest absolute Gasteiger partial charge is 0.409 e. The van der Waals surface area contributed by atoms with Gasteiger partial charge in [0, 0.05) is 25.6 Å². The van der Waals surface area contributed by atoms with Crippen molar-refractivity contribution in [2.24, 2.45) is 0 Å². The van der Waals surface area contributed by atoms with Gasteiger partial charge in [-0.25, -0.2) is 9.59 Å². The fourth-order valence-electron chi connectivity index (χ4n) is 5.50. The van der Waals surface area contributed by atoms with Gasteiger partial charge in [0.05, 0.1) is 18.7 Å². The number of carboxylic acid groups (broad SMARTS) is 2. The highest BCUT2D eigenvalue weighted by atomic mass is 16.6. The number of ether oxygens (including phenoxy) is 2. The van der Waals surface area contributed by atoms with Crippen molar-refractivity contribution in [1.29, 1.82) is 0 Å². The number of hydrogen-bond acceptors (Lipinski definition) is 6. The fourth-order valence-corrected chi connectivity index (χ4v) is 5.50. The number of fused-ring (bicyclic) bond motifs is 1.